The number of halogens is 1. The van der Waals surface area contributed by atoms with E-state index in [4.69, 9.17) is 16.3 Å². The molecule has 0 amide bonds. The Balaban J connectivity index is 2.04. The second kappa shape index (κ2) is 5.57. The van der Waals surface area contributed by atoms with E-state index >= 15 is 0 Å². The number of rotatable bonds is 4. The Morgan fingerprint density at radius 2 is 2.44 bits per heavy atom. The summed E-state index contributed by atoms with van der Waals surface area (Å²) in [5, 5.41) is 2.62. The van der Waals surface area contributed by atoms with Crippen LogP contribution in [0, 0.1) is 0 Å². The normalized spacial score (nSPS) is 10.4. The van der Waals surface area contributed by atoms with Gasteiger partial charge in [-0.2, -0.15) is 0 Å². The highest BCUT2D eigenvalue weighted by Crippen LogP contribution is 2.29. The van der Waals surface area contributed by atoms with Gasteiger partial charge in [0.05, 0.1) is 17.0 Å². The number of hydrogen-bond donors (Lipinski definition) is 0. The Morgan fingerprint density at radius 3 is 3.12 bits per heavy atom. The van der Waals surface area contributed by atoms with E-state index in [0.29, 0.717) is 10.8 Å². The molecule has 16 heavy (non-hydrogen) atoms. The molecule has 84 valence electrons. The fraction of sp³-hybridized carbons (Fsp3) is 0.182. The third-order valence-corrected chi connectivity index (χ3v) is 4.40. The molecule has 0 unspecified atom stereocenters. The quantitative estimate of drug-likeness (QED) is 0.782. The molecule has 0 aliphatic heterocycles. The van der Waals surface area contributed by atoms with E-state index in [2.05, 4.69) is 16.4 Å². The van der Waals surface area contributed by atoms with E-state index in [0.717, 1.165) is 11.4 Å². The Bertz CT molecular complexity index is 459. The number of aromatic nitrogens is 1. The van der Waals surface area contributed by atoms with Gasteiger partial charge in [-0.15, -0.1) is 23.1 Å². The van der Waals surface area contributed by atoms with E-state index < -0.39 is 0 Å². The minimum atomic E-state index is 0.548. The van der Waals surface area contributed by atoms with Gasteiger partial charge >= 0.3 is 0 Å². The second-order valence-corrected chi connectivity index (χ2v) is 5.66. The van der Waals surface area contributed by atoms with Gasteiger partial charge in [0, 0.05) is 18.0 Å². The average molecular weight is 272 g/mol. The lowest BCUT2D eigenvalue weighted by Crippen LogP contribution is -1.90. The summed E-state index contributed by atoms with van der Waals surface area (Å²) in [7, 11) is 1.61. The van der Waals surface area contributed by atoms with Crippen LogP contribution in [-0.2, 0) is 5.75 Å². The van der Waals surface area contributed by atoms with Crippen molar-refractivity contribution >= 4 is 34.7 Å². The maximum absolute atomic E-state index is 5.90. The third kappa shape index (κ3) is 2.90. The van der Waals surface area contributed by atoms with Crippen LogP contribution in [0.2, 0.25) is 5.02 Å². The molecule has 5 heteroatoms. The van der Waals surface area contributed by atoms with Crippen LogP contribution >= 0.6 is 34.7 Å². The summed E-state index contributed by atoms with van der Waals surface area (Å²) < 4.78 is 6.43. The van der Waals surface area contributed by atoms with Crippen molar-refractivity contribution in [2.45, 2.75) is 9.96 Å². The molecule has 2 aromatic heterocycles. The lowest BCUT2D eigenvalue weighted by Gasteiger charge is -2.04. The van der Waals surface area contributed by atoms with Crippen molar-refractivity contribution in [1.82, 2.24) is 4.98 Å². The zero-order valence-electron chi connectivity index (χ0n) is 8.64. The zero-order chi connectivity index (χ0) is 11.4. The smallest absolute Gasteiger partial charge is 0.140 e. The third-order valence-electron chi connectivity index (χ3n) is 1.95. The first-order valence-corrected chi connectivity index (χ1v) is 6.88. The van der Waals surface area contributed by atoms with Gasteiger partial charge in [-0.3, -0.25) is 4.98 Å². The maximum Gasteiger partial charge on any atom is 0.140 e. The molecule has 0 spiro atoms. The molecule has 0 fully saturated rings. The van der Waals surface area contributed by atoms with Crippen molar-refractivity contribution in [3.05, 3.63) is 40.5 Å². The van der Waals surface area contributed by atoms with Crippen LogP contribution in [0.25, 0.3) is 0 Å². The first-order chi connectivity index (χ1) is 7.79. The Kier molecular flexibility index (Phi) is 4.09. The number of methoxy groups -OCH3 is 1. The molecule has 0 aromatic carbocycles. The summed E-state index contributed by atoms with van der Waals surface area (Å²) in [6.07, 6.45) is 1.63. The zero-order valence-corrected chi connectivity index (χ0v) is 11.0. The van der Waals surface area contributed by atoms with Crippen LogP contribution < -0.4 is 4.74 Å². The van der Waals surface area contributed by atoms with Crippen LogP contribution in [0.15, 0.2) is 34.0 Å². The van der Waals surface area contributed by atoms with Gasteiger partial charge in [0.1, 0.15) is 10.8 Å². The molecule has 2 heterocycles. The molecule has 0 saturated carbocycles. The SMILES string of the molecule is COc1cc(CSc2cccs2)ncc1Cl. The molecule has 0 aliphatic rings. The molecule has 0 saturated heterocycles. The fourth-order valence-electron chi connectivity index (χ4n) is 1.19. The molecule has 0 radical (unpaired) electrons. The highest BCUT2D eigenvalue weighted by molar-refractivity contribution is 8.00. The summed E-state index contributed by atoms with van der Waals surface area (Å²) >= 11 is 9.40. The second-order valence-electron chi connectivity index (χ2n) is 3.03. The van der Waals surface area contributed by atoms with Gasteiger partial charge in [-0.05, 0) is 11.4 Å². The Morgan fingerprint density at radius 1 is 1.56 bits per heavy atom. The summed E-state index contributed by atoms with van der Waals surface area (Å²) in [6.45, 7) is 0. The molecule has 0 N–H and O–H groups in total. The van der Waals surface area contributed by atoms with E-state index in [1.807, 2.05) is 12.1 Å². The van der Waals surface area contributed by atoms with Crippen molar-refractivity contribution in [2.24, 2.45) is 0 Å². The summed E-state index contributed by atoms with van der Waals surface area (Å²) in [6, 6.07) is 6.02. The van der Waals surface area contributed by atoms with Crippen molar-refractivity contribution in [3.63, 3.8) is 0 Å². The number of thioether (sulfide) groups is 1. The largest absolute Gasteiger partial charge is 0.495 e. The van der Waals surface area contributed by atoms with Crippen molar-refractivity contribution < 1.29 is 4.74 Å². The molecule has 0 bridgehead atoms. The fourth-order valence-corrected chi connectivity index (χ4v) is 3.05. The minimum absolute atomic E-state index is 0.548. The topological polar surface area (TPSA) is 22.1 Å². The predicted octanol–water partition coefficient (Wildman–Crippen LogP) is 4.10. The van der Waals surface area contributed by atoms with Gasteiger partial charge < -0.3 is 4.74 Å². The van der Waals surface area contributed by atoms with E-state index in [1.54, 1.807) is 36.4 Å². The van der Waals surface area contributed by atoms with Gasteiger partial charge in [0.25, 0.3) is 0 Å². The number of pyridine rings is 1. The minimum Gasteiger partial charge on any atom is -0.495 e. The van der Waals surface area contributed by atoms with Crippen LogP contribution in [0.4, 0.5) is 0 Å². The number of hydrogen-bond acceptors (Lipinski definition) is 4. The first-order valence-electron chi connectivity index (χ1n) is 4.64. The van der Waals surface area contributed by atoms with Crippen molar-refractivity contribution in [3.8, 4) is 5.75 Å². The molecule has 0 aliphatic carbocycles. The standard InChI is InChI=1S/C11H10ClNOS2/c1-14-10-5-8(13-6-9(10)12)7-16-11-3-2-4-15-11/h2-6H,7H2,1H3. The lowest BCUT2D eigenvalue weighted by atomic mass is 10.3. The summed E-state index contributed by atoms with van der Waals surface area (Å²) in [5.41, 5.74) is 0.972. The van der Waals surface area contributed by atoms with Crippen LogP contribution in [0.3, 0.4) is 0 Å². The Hall–Kier alpha value is -0.710. The van der Waals surface area contributed by atoms with Gasteiger partial charge in [-0.1, -0.05) is 17.7 Å². The van der Waals surface area contributed by atoms with Gasteiger partial charge in [0.2, 0.25) is 0 Å². The highest BCUT2D eigenvalue weighted by atomic mass is 35.5. The Labute approximate surface area is 108 Å². The van der Waals surface area contributed by atoms with E-state index in [9.17, 15) is 0 Å². The monoisotopic (exact) mass is 271 g/mol. The molecule has 2 rings (SSSR count). The van der Waals surface area contributed by atoms with Crippen molar-refractivity contribution in [1.29, 1.82) is 0 Å². The molecule has 0 atom stereocenters. The van der Waals surface area contributed by atoms with Crippen molar-refractivity contribution in [2.75, 3.05) is 7.11 Å². The lowest BCUT2D eigenvalue weighted by molar-refractivity contribution is 0.414. The maximum atomic E-state index is 5.90. The first kappa shape index (κ1) is 11.8. The van der Waals surface area contributed by atoms with E-state index in [1.165, 1.54) is 4.21 Å². The highest BCUT2D eigenvalue weighted by Gasteiger charge is 2.04. The number of ether oxygens (including phenoxy) is 1. The molecular formula is C11H10ClNOS2. The van der Waals surface area contributed by atoms with Crippen LogP contribution in [0.1, 0.15) is 5.69 Å². The summed E-state index contributed by atoms with van der Waals surface area (Å²) in [4.78, 5) is 4.26. The number of nitrogens with zero attached hydrogens (tertiary/aromatic N) is 1. The van der Waals surface area contributed by atoms with Crippen LogP contribution in [0.5, 0.6) is 5.75 Å². The molecular weight excluding hydrogens is 262 g/mol. The van der Waals surface area contributed by atoms with Gasteiger partial charge in [0.15, 0.2) is 0 Å². The van der Waals surface area contributed by atoms with Crippen LogP contribution in [-0.4, -0.2) is 12.1 Å². The van der Waals surface area contributed by atoms with E-state index in [-0.39, 0.29) is 0 Å². The average Bonchev–Trinajstić information content (AvgIpc) is 2.81. The molecule has 2 aromatic rings. The number of thiophene rings is 1. The summed E-state index contributed by atoms with van der Waals surface area (Å²) in [5.74, 6) is 1.51. The molecule has 2 nitrogen and oxygen atoms in total. The van der Waals surface area contributed by atoms with Gasteiger partial charge in [-0.25, -0.2) is 0 Å². The predicted molar refractivity (Wildman–Crippen MR) is 69.7 cm³/mol.